The van der Waals surface area contributed by atoms with Gasteiger partial charge in [-0.2, -0.15) is 8.78 Å². The van der Waals surface area contributed by atoms with Gasteiger partial charge in [0, 0.05) is 0 Å². The van der Waals surface area contributed by atoms with E-state index >= 15 is 0 Å². The van der Waals surface area contributed by atoms with E-state index in [0.717, 1.165) is 6.92 Å². The van der Waals surface area contributed by atoms with Crippen LogP contribution in [0.1, 0.15) is 6.92 Å². The predicted octanol–water partition coefficient (Wildman–Crippen LogP) is 2.11. The Kier molecular flexibility index (Phi) is 2.79. The highest BCUT2D eigenvalue weighted by Crippen LogP contribution is 2.18. The molecule has 0 heterocycles. The molecule has 0 N–H and O–H groups in total. The first kappa shape index (κ1) is 7.72. The first-order valence-corrected chi connectivity index (χ1v) is 2.01. The molecular weight excluding hydrogens is 124 g/mol. The van der Waals surface area contributed by atoms with Crippen LogP contribution in [0.3, 0.4) is 0 Å². The van der Waals surface area contributed by atoms with Crippen molar-refractivity contribution >= 4 is 0 Å². The van der Waals surface area contributed by atoms with Crippen molar-refractivity contribution in [2.45, 2.75) is 19.3 Å². The van der Waals surface area contributed by atoms with E-state index in [0.29, 0.717) is 0 Å². The zero-order valence-electron chi connectivity index (χ0n) is 4.17. The fourth-order valence-electron chi connectivity index (χ4n) is 0.174. The number of alkyl halides is 2. The van der Waals surface area contributed by atoms with E-state index in [1.807, 2.05) is 0 Å². The smallest absolute Gasteiger partial charge is 0.244 e. The maximum Gasteiger partial charge on any atom is 0.346 e. The van der Waals surface area contributed by atoms with Crippen LogP contribution in [-0.2, 0) is 0 Å². The molecule has 2 atom stereocenters. The molecule has 0 spiro atoms. The predicted molar refractivity (Wildman–Crippen MR) is 20.9 cm³/mol. The maximum atomic E-state index is 11.5. The molecule has 0 aliphatic rings. The number of hydrogen-bond acceptors (Lipinski definition) is 0. The van der Waals surface area contributed by atoms with Gasteiger partial charge in [0.2, 0.25) is 6.17 Å². The van der Waals surface area contributed by atoms with Crippen molar-refractivity contribution in [3.05, 3.63) is 6.43 Å². The van der Waals surface area contributed by atoms with Crippen molar-refractivity contribution in [1.82, 2.24) is 0 Å². The van der Waals surface area contributed by atoms with Gasteiger partial charge in [-0.1, -0.05) is 0 Å². The van der Waals surface area contributed by atoms with Crippen LogP contribution in [0.15, 0.2) is 0 Å². The van der Waals surface area contributed by atoms with E-state index in [1.165, 1.54) is 0 Å². The summed E-state index contributed by atoms with van der Waals surface area (Å²) in [5.74, 6) is 0. The Hall–Kier alpha value is -0.280. The molecule has 49 valence electrons. The molecule has 4 heteroatoms. The van der Waals surface area contributed by atoms with Crippen LogP contribution in [0.4, 0.5) is 17.6 Å². The Morgan fingerprint density at radius 2 is 1.62 bits per heavy atom. The molecule has 0 aliphatic carbocycles. The van der Waals surface area contributed by atoms with Crippen molar-refractivity contribution in [3.8, 4) is 0 Å². The van der Waals surface area contributed by atoms with E-state index in [2.05, 4.69) is 0 Å². The standard InChI is InChI=1S/C4H5F4/c1-2(5)3(6)4(7)8/h2-3H,1H3. The molecule has 1 radical (unpaired) electrons. The molecule has 0 aromatic rings. The molecule has 0 bridgehead atoms. The van der Waals surface area contributed by atoms with Crippen molar-refractivity contribution in [3.63, 3.8) is 0 Å². The Labute approximate surface area is 44.5 Å². The number of halogens is 4. The van der Waals surface area contributed by atoms with Gasteiger partial charge < -0.3 is 0 Å². The Bertz CT molecular complexity index is 53.1. The van der Waals surface area contributed by atoms with Gasteiger partial charge in [-0.3, -0.25) is 0 Å². The van der Waals surface area contributed by atoms with Gasteiger partial charge in [-0.05, 0) is 6.92 Å². The van der Waals surface area contributed by atoms with Crippen LogP contribution in [0.2, 0.25) is 0 Å². The molecule has 0 saturated carbocycles. The summed E-state index contributed by atoms with van der Waals surface area (Å²) in [6, 6.07) is 0. The Morgan fingerprint density at radius 3 is 1.62 bits per heavy atom. The lowest BCUT2D eigenvalue weighted by Gasteiger charge is -2.03. The lowest BCUT2D eigenvalue weighted by atomic mass is 10.3. The first-order chi connectivity index (χ1) is 3.55. The van der Waals surface area contributed by atoms with Gasteiger partial charge in [0.15, 0.2) is 0 Å². The first-order valence-electron chi connectivity index (χ1n) is 2.01. The van der Waals surface area contributed by atoms with Crippen LogP contribution >= 0.6 is 0 Å². The van der Waals surface area contributed by atoms with Crippen molar-refractivity contribution in [2.75, 3.05) is 0 Å². The van der Waals surface area contributed by atoms with Gasteiger partial charge in [0.1, 0.15) is 6.17 Å². The second-order valence-electron chi connectivity index (χ2n) is 1.37. The summed E-state index contributed by atoms with van der Waals surface area (Å²) in [7, 11) is 0. The quantitative estimate of drug-likeness (QED) is 0.501. The van der Waals surface area contributed by atoms with Crippen LogP contribution in [0.25, 0.3) is 0 Å². The normalized spacial score (nSPS) is 18.8. The zero-order valence-corrected chi connectivity index (χ0v) is 4.17. The SMILES string of the molecule is CC(F)C(F)[C](F)F. The number of rotatable bonds is 2. The lowest BCUT2D eigenvalue weighted by Crippen LogP contribution is -2.16. The fourth-order valence-corrected chi connectivity index (χ4v) is 0.174. The summed E-state index contributed by atoms with van der Waals surface area (Å²) >= 11 is 0. The summed E-state index contributed by atoms with van der Waals surface area (Å²) in [5.41, 5.74) is 0. The zero-order chi connectivity index (χ0) is 6.73. The summed E-state index contributed by atoms with van der Waals surface area (Å²) in [6.45, 7) is 0.740. The molecule has 0 aromatic carbocycles. The molecule has 0 aliphatic heterocycles. The van der Waals surface area contributed by atoms with Crippen molar-refractivity contribution < 1.29 is 17.6 Å². The molecule has 0 saturated heterocycles. The minimum absolute atomic E-state index is 0.740. The molecule has 0 nitrogen and oxygen atoms in total. The average Bonchev–Trinajstić information content (AvgIpc) is 1.64. The van der Waals surface area contributed by atoms with E-state index < -0.39 is 18.8 Å². The Morgan fingerprint density at radius 1 is 1.25 bits per heavy atom. The molecule has 0 fully saturated rings. The highest BCUT2D eigenvalue weighted by Gasteiger charge is 2.27. The average molecular weight is 129 g/mol. The topological polar surface area (TPSA) is 0 Å². The Balaban J connectivity index is 3.46. The largest absolute Gasteiger partial charge is 0.346 e. The van der Waals surface area contributed by atoms with Gasteiger partial charge in [-0.25, -0.2) is 8.78 Å². The van der Waals surface area contributed by atoms with Crippen molar-refractivity contribution in [1.29, 1.82) is 0 Å². The summed E-state index contributed by atoms with van der Waals surface area (Å²) in [5, 5.41) is 0. The second-order valence-corrected chi connectivity index (χ2v) is 1.37. The molecule has 0 aromatic heterocycles. The number of hydrogen-bond donors (Lipinski definition) is 0. The van der Waals surface area contributed by atoms with Gasteiger partial charge >= 0.3 is 6.43 Å². The third-order valence-corrected chi connectivity index (χ3v) is 0.612. The second kappa shape index (κ2) is 2.89. The van der Waals surface area contributed by atoms with Crippen molar-refractivity contribution in [2.24, 2.45) is 0 Å². The van der Waals surface area contributed by atoms with Gasteiger partial charge in [0.25, 0.3) is 0 Å². The summed E-state index contributed by atoms with van der Waals surface area (Å²) in [6.07, 6.45) is -7.32. The lowest BCUT2D eigenvalue weighted by molar-refractivity contribution is 0.0935. The maximum absolute atomic E-state index is 11.5. The molecule has 0 amide bonds. The summed E-state index contributed by atoms with van der Waals surface area (Å²) in [4.78, 5) is 0. The molecule has 2 unspecified atom stereocenters. The third-order valence-electron chi connectivity index (χ3n) is 0.612. The monoisotopic (exact) mass is 129 g/mol. The summed E-state index contributed by atoms with van der Waals surface area (Å²) < 4.78 is 44.9. The third kappa shape index (κ3) is 2.14. The fraction of sp³-hybridized carbons (Fsp3) is 0.750. The molecule has 8 heavy (non-hydrogen) atoms. The van der Waals surface area contributed by atoms with E-state index in [-0.39, 0.29) is 0 Å². The van der Waals surface area contributed by atoms with Crippen LogP contribution in [0.5, 0.6) is 0 Å². The minimum Gasteiger partial charge on any atom is -0.244 e. The van der Waals surface area contributed by atoms with Gasteiger partial charge in [-0.15, -0.1) is 0 Å². The highest BCUT2D eigenvalue weighted by atomic mass is 19.3. The van der Waals surface area contributed by atoms with Crippen LogP contribution in [0, 0.1) is 6.43 Å². The minimum atomic E-state index is -2.71. The van der Waals surface area contributed by atoms with Gasteiger partial charge in [0.05, 0.1) is 0 Å². The van der Waals surface area contributed by atoms with Crippen LogP contribution in [-0.4, -0.2) is 12.3 Å². The highest BCUT2D eigenvalue weighted by molar-refractivity contribution is 4.78. The van der Waals surface area contributed by atoms with E-state index in [4.69, 9.17) is 0 Å². The van der Waals surface area contributed by atoms with E-state index in [9.17, 15) is 17.6 Å². The van der Waals surface area contributed by atoms with Crippen LogP contribution < -0.4 is 0 Å². The van der Waals surface area contributed by atoms with E-state index in [1.54, 1.807) is 0 Å². The molecular formula is C4H5F4. The molecule has 0 rings (SSSR count).